The SMILES string of the molecule is COc1ccc(C(=O)N(CC(=O)Nc2nc(-c3ccccc3)cn2-c2ccc(C)c(C)c2)CC(C)C)cc1. The van der Waals surface area contributed by atoms with Crippen LogP contribution in [0.1, 0.15) is 35.3 Å². The van der Waals surface area contributed by atoms with E-state index < -0.39 is 0 Å². The predicted octanol–water partition coefficient (Wildman–Crippen LogP) is 5.90. The first-order valence-corrected chi connectivity index (χ1v) is 12.7. The number of nitrogens with one attached hydrogen (secondary N) is 1. The zero-order chi connectivity index (χ0) is 27.2. The molecule has 3 aromatic carbocycles. The smallest absolute Gasteiger partial charge is 0.254 e. The number of anilines is 1. The zero-order valence-corrected chi connectivity index (χ0v) is 22.6. The molecule has 4 rings (SSSR count). The Balaban J connectivity index is 1.61. The maximum absolute atomic E-state index is 13.3. The summed E-state index contributed by atoms with van der Waals surface area (Å²) in [5.41, 5.74) is 5.41. The van der Waals surface area contributed by atoms with Gasteiger partial charge in [0.05, 0.1) is 12.8 Å². The van der Waals surface area contributed by atoms with E-state index in [1.54, 1.807) is 36.3 Å². The molecule has 0 saturated carbocycles. The fourth-order valence-electron chi connectivity index (χ4n) is 4.20. The summed E-state index contributed by atoms with van der Waals surface area (Å²) in [7, 11) is 1.58. The van der Waals surface area contributed by atoms with Crippen LogP contribution in [0.4, 0.5) is 5.95 Å². The van der Waals surface area contributed by atoms with Gasteiger partial charge in [0.1, 0.15) is 12.3 Å². The third-order valence-electron chi connectivity index (χ3n) is 6.34. The molecule has 0 unspecified atom stereocenters. The fraction of sp³-hybridized carbons (Fsp3) is 0.258. The highest BCUT2D eigenvalue weighted by molar-refractivity contribution is 5.99. The van der Waals surface area contributed by atoms with Gasteiger partial charge in [0.2, 0.25) is 11.9 Å². The van der Waals surface area contributed by atoms with E-state index in [4.69, 9.17) is 9.72 Å². The van der Waals surface area contributed by atoms with E-state index in [-0.39, 0.29) is 24.3 Å². The maximum atomic E-state index is 13.3. The molecule has 0 aliphatic heterocycles. The van der Waals surface area contributed by atoms with Crippen molar-refractivity contribution in [3.05, 3.63) is 95.7 Å². The van der Waals surface area contributed by atoms with E-state index in [0.29, 0.717) is 23.8 Å². The quantitative estimate of drug-likeness (QED) is 0.304. The van der Waals surface area contributed by atoms with Gasteiger partial charge in [-0.3, -0.25) is 19.5 Å². The number of aromatic nitrogens is 2. The van der Waals surface area contributed by atoms with E-state index in [9.17, 15) is 9.59 Å². The van der Waals surface area contributed by atoms with E-state index >= 15 is 0 Å². The van der Waals surface area contributed by atoms with E-state index in [1.807, 2.05) is 61.0 Å². The third-order valence-corrected chi connectivity index (χ3v) is 6.34. The molecule has 0 saturated heterocycles. The van der Waals surface area contributed by atoms with Gasteiger partial charge in [0.25, 0.3) is 5.91 Å². The highest BCUT2D eigenvalue weighted by Crippen LogP contribution is 2.25. The van der Waals surface area contributed by atoms with Crippen molar-refractivity contribution >= 4 is 17.8 Å². The molecular weight excluding hydrogens is 476 g/mol. The van der Waals surface area contributed by atoms with E-state index in [2.05, 4.69) is 31.3 Å². The minimum Gasteiger partial charge on any atom is -0.497 e. The molecule has 0 bridgehead atoms. The van der Waals surface area contributed by atoms with Crippen molar-refractivity contribution in [2.75, 3.05) is 25.5 Å². The number of hydrogen-bond donors (Lipinski definition) is 1. The second-order valence-corrected chi connectivity index (χ2v) is 9.81. The number of carbonyl (C=O) groups is 2. The lowest BCUT2D eigenvalue weighted by molar-refractivity contribution is -0.117. The van der Waals surface area contributed by atoms with Crippen LogP contribution in [0, 0.1) is 19.8 Å². The molecule has 0 aliphatic carbocycles. The van der Waals surface area contributed by atoms with Crippen molar-refractivity contribution in [3.8, 4) is 22.7 Å². The van der Waals surface area contributed by atoms with E-state index in [0.717, 1.165) is 22.5 Å². The molecule has 4 aromatic rings. The summed E-state index contributed by atoms with van der Waals surface area (Å²) in [6.07, 6.45) is 1.92. The number of amides is 2. The third kappa shape index (κ3) is 6.29. The maximum Gasteiger partial charge on any atom is 0.254 e. The molecule has 7 heteroatoms. The molecule has 38 heavy (non-hydrogen) atoms. The van der Waals surface area contributed by atoms with Gasteiger partial charge in [-0.15, -0.1) is 0 Å². The molecule has 1 N–H and O–H groups in total. The highest BCUT2D eigenvalue weighted by atomic mass is 16.5. The average molecular weight is 511 g/mol. The van der Waals surface area contributed by atoms with Crippen LogP contribution in [-0.4, -0.2) is 46.5 Å². The standard InChI is InChI=1S/C31H34N4O3/c1-21(2)18-34(30(37)25-12-15-27(38-5)16-13-25)20-29(36)33-31-32-28(24-9-7-6-8-10-24)19-35(31)26-14-11-22(3)23(4)17-26/h6-17,19,21H,18,20H2,1-5H3,(H,32,33,36). The predicted molar refractivity (Wildman–Crippen MR) is 151 cm³/mol. The Kier molecular flexibility index (Phi) is 8.26. The number of methoxy groups -OCH3 is 1. The van der Waals surface area contributed by atoms with Crippen LogP contribution in [0.2, 0.25) is 0 Å². The Hall–Kier alpha value is -4.39. The first-order valence-electron chi connectivity index (χ1n) is 12.7. The second-order valence-electron chi connectivity index (χ2n) is 9.81. The number of hydrogen-bond acceptors (Lipinski definition) is 4. The van der Waals surface area contributed by atoms with Gasteiger partial charge in [-0.25, -0.2) is 4.98 Å². The molecule has 7 nitrogen and oxygen atoms in total. The molecule has 196 valence electrons. The van der Waals surface area contributed by atoms with Crippen molar-refractivity contribution in [2.24, 2.45) is 5.92 Å². The van der Waals surface area contributed by atoms with Gasteiger partial charge in [-0.2, -0.15) is 0 Å². The lowest BCUT2D eigenvalue weighted by Crippen LogP contribution is -2.40. The van der Waals surface area contributed by atoms with Crippen LogP contribution in [0.15, 0.2) is 79.0 Å². The Labute approximate surface area is 224 Å². The summed E-state index contributed by atoms with van der Waals surface area (Å²) in [6.45, 7) is 8.51. The van der Waals surface area contributed by atoms with Gasteiger partial charge in [-0.05, 0) is 67.3 Å². The number of carbonyl (C=O) groups excluding carboxylic acids is 2. The number of nitrogens with zero attached hydrogens (tertiary/aromatic N) is 3. The molecule has 0 spiro atoms. The first-order chi connectivity index (χ1) is 18.2. The molecular formula is C31H34N4O3. The van der Waals surface area contributed by atoms with Crippen LogP contribution in [0.5, 0.6) is 5.75 Å². The summed E-state index contributed by atoms with van der Waals surface area (Å²) < 4.78 is 7.08. The minimum atomic E-state index is -0.317. The molecule has 0 aliphatic rings. The summed E-state index contributed by atoms with van der Waals surface area (Å²) in [5.74, 6) is 0.731. The summed E-state index contributed by atoms with van der Waals surface area (Å²) >= 11 is 0. The second kappa shape index (κ2) is 11.8. The lowest BCUT2D eigenvalue weighted by atomic mass is 10.1. The molecule has 1 heterocycles. The first kappa shape index (κ1) is 26.7. The fourth-order valence-corrected chi connectivity index (χ4v) is 4.20. The van der Waals surface area contributed by atoms with Crippen molar-refractivity contribution < 1.29 is 14.3 Å². The van der Waals surface area contributed by atoms with Crippen molar-refractivity contribution in [1.29, 1.82) is 0 Å². The Morgan fingerprint density at radius 2 is 1.68 bits per heavy atom. The van der Waals surface area contributed by atoms with Crippen LogP contribution >= 0.6 is 0 Å². The van der Waals surface area contributed by atoms with Crippen LogP contribution < -0.4 is 10.1 Å². The lowest BCUT2D eigenvalue weighted by Gasteiger charge is -2.24. The normalized spacial score (nSPS) is 10.9. The topological polar surface area (TPSA) is 76.5 Å². The van der Waals surface area contributed by atoms with Gasteiger partial charge in [-0.1, -0.05) is 50.2 Å². The van der Waals surface area contributed by atoms with Crippen LogP contribution in [0.3, 0.4) is 0 Å². The Bertz CT molecular complexity index is 1410. The number of benzene rings is 3. The van der Waals surface area contributed by atoms with Crippen LogP contribution in [0.25, 0.3) is 16.9 Å². The number of aryl methyl sites for hydroxylation is 2. The summed E-state index contributed by atoms with van der Waals surface area (Å²) in [4.78, 5) is 32.9. The molecule has 0 radical (unpaired) electrons. The largest absolute Gasteiger partial charge is 0.497 e. The molecule has 2 amide bonds. The van der Waals surface area contributed by atoms with Crippen molar-refractivity contribution in [2.45, 2.75) is 27.7 Å². The van der Waals surface area contributed by atoms with Crippen LogP contribution in [-0.2, 0) is 4.79 Å². The number of imidazole rings is 1. The van der Waals surface area contributed by atoms with Gasteiger partial charge in [0.15, 0.2) is 0 Å². The molecule has 0 atom stereocenters. The summed E-state index contributed by atoms with van der Waals surface area (Å²) in [6, 6.07) is 22.9. The van der Waals surface area contributed by atoms with Crippen molar-refractivity contribution in [1.82, 2.24) is 14.5 Å². The molecule has 0 fully saturated rings. The van der Waals surface area contributed by atoms with Gasteiger partial charge < -0.3 is 9.64 Å². The zero-order valence-electron chi connectivity index (χ0n) is 22.6. The van der Waals surface area contributed by atoms with E-state index in [1.165, 1.54) is 5.56 Å². The van der Waals surface area contributed by atoms with Crippen molar-refractivity contribution in [3.63, 3.8) is 0 Å². The van der Waals surface area contributed by atoms with Gasteiger partial charge in [0, 0.05) is 29.6 Å². The monoisotopic (exact) mass is 510 g/mol. The highest BCUT2D eigenvalue weighted by Gasteiger charge is 2.22. The minimum absolute atomic E-state index is 0.0938. The number of rotatable bonds is 9. The Morgan fingerprint density at radius 3 is 2.32 bits per heavy atom. The molecule has 1 aromatic heterocycles. The average Bonchev–Trinajstić information content (AvgIpc) is 3.33. The summed E-state index contributed by atoms with van der Waals surface area (Å²) in [5, 5.41) is 2.96. The Morgan fingerprint density at radius 1 is 0.974 bits per heavy atom. The van der Waals surface area contributed by atoms with Gasteiger partial charge >= 0.3 is 0 Å². The number of ether oxygens (including phenoxy) is 1.